The summed E-state index contributed by atoms with van der Waals surface area (Å²) >= 11 is 0. The second-order valence-electron chi connectivity index (χ2n) is 3.14. The van der Waals surface area contributed by atoms with E-state index < -0.39 is 0 Å². The van der Waals surface area contributed by atoms with Crippen molar-refractivity contribution in [1.29, 1.82) is 0 Å². The summed E-state index contributed by atoms with van der Waals surface area (Å²) in [5.74, 6) is 1.06. The summed E-state index contributed by atoms with van der Waals surface area (Å²) in [7, 11) is 0. The lowest BCUT2D eigenvalue weighted by Gasteiger charge is -2.24. The van der Waals surface area contributed by atoms with Gasteiger partial charge in [0.15, 0.2) is 0 Å². The Kier molecular flexibility index (Phi) is 2.03. The molecule has 12 heavy (non-hydrogen) atoms. The van der Waals surface area contributed by atoms with Gasteiger partial charge in [-0.25, -0.2) is 0 Å². The Hall–Kier alpha value is -0.980. The average Bonchev–Trinajstić information content (AvgIpc) is 2.17. The summed E-state index contributed by atoms with van der Waals surface area (Å²) in [5.41, 5.74) is 1.34. The SMILES string of the molecule is C[CH]C1CCc2ccccc2O1. The molecule has 1 aliphatic rings. The molecule has 1 unspecified atom stereocenters. The third-order valence-electron chi connectivity index (χ3n) is 2.32. The molecular formula is C11H13O. The summed E-state index contributed by atoms with van der Waals surface area (Å²) in [5, 5.41) is 0. The highest BCUT2D eigenvalue weighted by atomic mass is 16.5. The third-order valence-corrected chi connectivity index (χ3v) is 2.32. The van der Waals surface area contributed by atoms with E-state index in [1.165, 1.54) is 5.56 Å². The van der Waals surface area contributed by atoms with E-state index in [1.54, 1.807) is 0 Å². The number of hydrogen-bond acceptors (Lipinski definition) is 1. The lowest BCUT2D eigenvalue weighted by Crippen LogP contribution is -2.21. The van der Waals surface area contributed by atoms with E-state index in [4.69, 9.17) is 4.74 Å². The first-order valence-electron chi connectivity index (χ1n) is 4.44. The second kappa shape index (κ2) is 3.18. The molecule has 1 heteroatoms. The highest BCUT2D eigenvalue weighted by Gasteiger charge is 2.16. The molecule has 1 nitrogen and oxygen atoms in total. The minimum atomic E-state index is 0.319. The monoisotopic (exact) mass is 161 g/mol. The molecule has 1 aromatic rings. The van der Waals surface area contributed by atoms with Crippen LogP contribution in [-0.2, 0) is 6.42 Å². The van der Waals surface area contributed by atoms with Gasteiger partial charge in [0.2, 0.25) is 0 Å². The Morgan fingerprint density at radius 2 is 2.25 bits per heavy atom. The zero-order valence-corrected chi connectivity index (χ0v) is 7.29. The lowest BCUT2D eigenvalue weighted by molar-refractivity contribution is 0.204. The summed E-state index contributed by atoms with van der Waals surface area (Å²) in [4.78, 5) is 0. The molecule has 0 aliphatic carbocycles. The topological polar surface area (TPSA) is 9.23 Å². The maximum Gasteiger partial charge on any atom is 0.122 e. The number of aryl methyl sites for hydroxylation is 1. The van der Waals surface area contributed by atoms with Crippen LogP contribution in [0.3, 0.4) is 0 Å². The van der Waals surface area contributed by atoms with Crippen molar-refractivity contribution in [3.05, 3.63) is 36.2 Å². The van der Waals surface area contributed by atoms with Crippen LogP contribution >= 0.6 is 0 Å². The first-order chi connectivity index (χ1) is 5.90. The Morgan fingerprint density at radius 1 is 1.42 bits per heavy atom. The lowest BCUT2D eigenvalue weighted by atomic mass is 10.0. The Morgan fingerprint density at radius 3 is 3.08 bits per heavy atom. The van der Waals surface area contributed by atoms with Crippen molar-refractivity contribution in [2.75, 3.05) is 0 Å². The Balaban J connectivity index is 2.23. The van der Waals surface area contributed by atoms with Crippen LogP contribution < -0.4 is 4.74 Å². The van der Waals surface area contributed by atoms with Gasteiger partial charge >= 0.3 is 0 Å². The van der Waals surface area contributed by atoms with Crippen LogP contribution in [0.2, 0.25) is 0 Å². The molecule has 1 aliphatic heterocycles. The summed E-state index contributed by atoms with van der Waals surface area (Å²) in [6, 6.07) is 8.28. The van der Waals surface area contributed by atoms with E-state index in [2.05, 4.69) is 25.5 Å². The molecule has 1 radical (unpaired) electrons. The molecular weight excluding hydrogens is 148 g/mol. The molecule has 1 heterocycles. The maximum atomic E-state index is 5.73. The van der Waals surface area contributed by atoms with Crippen molar-refractivity contribution in [2.45, 2.75) is 25.9 Å². The van der Waals surface area contributed by atoms with Gasteiger partial charge in [-0.05, 0) is 30.9 Å². The Labute approximate surface area is 73.4 Å². The van der Waals surface area contributed by atoms with Crippen molar-refractivity contribution in [3.8, 4) is 5.75 Å². The molecule has 1 aromatic carbocycles. The van der Waals surface area contributed by atoms with Gasteiger partial charge in [-0.15, -0.1) is 0 Å². The van der Waals surface area contributed by atoms with Crippen molar-refractivity contribution in [3.63, 3.8) is 0 Å². The van der Waals surface area contributed by atoms with Gasteiger partial charge in [0.25, 0.3) is 0 Å². The average molecular weight is 161 g/mol. The smallest absolute Gasteiger partial charge is 0.122 e. The normalized spacial score (nSPS) is 21.2. The minimum absolute atomic E-state index is 0.319. The quantitative estimate of drug-likeness (QED) is 0.615. The Bertz CT molecular complexity index is 267. The van der Waals surface area contributed by atoms with Crippen molar-refractivity contribution < 1.29 is 4.74 Å². The van der Waals surface area contributed by atoms with Crippen molar-refractivity contribution in [2.24, 2.45) is 0 Å². The second-order valence-corrected chi connectivity index (χ2v) is 3.14. The molecule has 63 valence electrons. The van der Waals surface area contributed by atoms with Gasteiger partial charge in [-0.3, -0.25) is 0 Å². The van der Waals surface area contributed by atoms with Crippen LogP contribution in [-0.4, -0.2) is 6.10 Å². The van der Waals surface area contributed by atoms with E-state index >= 15 is 0 Å². The summed E-state index contributed by atoms with van der Waals surface area (Å²) in [6.07, 6.45) is 4.70. The van der Waals surface area contributed by atoms with Gasteiger partial charge < -0.3 is 4.74 Å². The van der Waals surface area contributed by atoms with Gasteiger partial charge in [0.05, 0.1) is 0 Å². The number of fused-ring (bicyclic) bond motifs is 1. The van der Waals surface area contributed by atoms with Crippen LogP contribution in [0.5, 0.6) is 5.75 Å². The molecule has 2 rings (SSSR count). The molecule has 0 fully saturated rings. The number of ether oxygens (including phenoxy) is 1. The van der Waals surface area contributed by atoms with E-state index in [0.29, 0.717) is 6.10 Å². The number of benzene rings is 1. The first-order valence-corrected chi connectivity index (χ1v) is 4.44. The molecule has 0 spiro atoms. The molecule has 0 saturated carbocycles. The summed E-state index contributed by atoms with van der Waals surface area (Å²) < 4.78 is 5.73. The number of para-hydroxylation sites is 1. The maximum absolute atomic E-state index is 5.73. The first kappa shape index (κ1) is 7.66. The zero-order chi connectivity index (χ0) is 8.39. The van der Waals surface area contributed by atoms with Crippen molar-refractivity contribution >= 4 is 0 Å². The minimum Gasteiger partial charge on any atom is -0.490 e. The van der Waals surface area contributed by atoms with Crippen LogP contribution in [0.1, 0.15) is 18.9 Å². The van der Waals surface area contributed by atoms with Gasteiger partial charge in [-0.1, -0.05) is 25.1 Å². The fourth-order valence-corrected chi connectivity index (χ4v) is 1.58. The highest BCUT2D eigenvalue weighted by molar-refractivity contribution is 5.35. The largest absolute Gasteiger partial charge is 0.490 e. The van der Waals surface area contributed by atoms with Gasteiger partial charge in [-0.2, -0.15) is 0 Å². The number of hydrogen-bond donors (Lipinski definition) is 0. The van der Waals surface area contributed by atoms with Crippen LogP contribution in [0.25, 0.3) is 0 Å². The molecule has 0 bridgehead atoms. The molecule has 0 aromatic heterocycles. The molecule has 1 atom stereocenters. The number of rotatable bonds is 1. The highest BCUT2D eigenvalue weighted by Crippen LogP contribution is 2.27. The molecule has 0 saturated heterocycles. The fourth-order valence-electron chi connectivity index (χ4n) is 1.58. The zero-order valence-electron chi connectivity index (χ0n) is 7.29. The van der Waals surface area contributed by atoms with Gasteiger partial charge in [0.1, 0.15) is 11.9 Å². The summed E-state index contributed by atoms with van der Waals surface area (Å²) in [6.45, 7) is 2.05. The predicted molar refractivity (Wildman–Crippen MR) is 49.2 cm³/mol. The van der Waals surface area contributed by atoms with E-state index in [1.807, 2.05) is 12.1 Å². The van der Waals surface area contributed by atoms with Crippen LogP contribution in [0.15, 0.2) is 24.3 Å². The van der Waals surface area contributed by atoms with E-state index in [-0.39, 0.29) is 0 Å². The van der Waals surface area contributed by atoms with E-state index in [9.17, 15) is 0 Å². The third kappa shape index (κ3) is 1.31. The molecule has 0 amide bonds. The van der Waals surface area contributed by atoms with Gasteiger partial charge in [0, 0.05) is 0 Å². The van der Waals surface area contributed by atoms with E-state index in [0.717, 1.165) is 18.6 Å². The molecule has 0 N–H and O–H groups in total. The van der Waals surface area contributed by atoms with Crippen LogP contribution in [0.4, 0.5) is 0 Å². The predicted octanol–water partition coefficient (Wildman–Crippen LogP) is 2.60. The van der Waals surface area contributed by atoms with Crippen molar-refractivity contribution in [1.82, 2.24) is 0 Å². The fraction of sp³-hybridized carbons (Fsp3) is 0.364. The van der Waals surface area contributed by atoms with Crippen LogP contribution in [0, 0.1) is 6.42 Å². The standard InChI is InChI=1S/C11H13O/c1-2-10-8-7-9-5-3-4-6-11(9)12-10/h2-6,10H,7-8H2,1H3.